The Morgan fingerprint density at radius 3 is 2.76 bits per heavy atom. The fourth-order valence-corrected chi connectivity index (χ4v) is 5.18. The number of amidine groups is 1. The summed E-state index contributed by atoms with van der Waals surface area (Å²) >= 11 is 7.70. The van der Waals surface area contributed by atoms with Gasteiger partial charge in [0.2, 0.25) is 0 Å². The minimum atomic E-state index is -0.494. The second kappa shape index (κ2) is 10.4. The molecule has 0 radical (unpaired) electrons. The smallest absolute Gasteiger partial charge is 0.270 e. The number of halogens is 2. The van der Waals surface area contributed by atoms with Gasteiger partial charge in [0.1, 0.15) is 11.5 Å². The van der Waals surface area contributed by atoms with Gasteiger partial charge in [0.25, 0.3) is 11.6 Å². The van der Waals surface area contributed by atoms with Crippen LogP contribution in [0.5, 0.6) is 5.75 Å². The Balaban J connectivity index is 1.66. The predicted octanol–water partition coefficient (Wildman–Crippen LogP) is 5.93. The zero-order valence-electron chi connectivity index (χ0n) is 17.1. The maximum atomic E-state index is 13.1. The summed E-state index contributed by atoms with van der Waals surface area (Å²) in [5.74, 6) is 0.215. The van der Waals surface area contributed by atoms with Gasteiger partial charge in [-0.15, -0.1) is 5.10 Å². The molecule has 1 fully saturated rings. The van der Waals surface area contributed by atoms with Crippen LogP contribution < -0.4 is 0 Å². The van der Waals surface area contributed by atoms with Gasteiger partial charge in [-0.2, -0.15) is 5.10 Å². The van der Waals surface area contributed by atoms with Crippen LogP contribution in [0, 0.1) is 10.1 Å². The first kappa shape index (κ1) is 23.9. The van der Waals surface area contributed by atoms with Crippen molar-refractivity contribution in [2.75, 3.05) is 0 Å². The van der Waals surface area contributed by atoms with Crippen LogP contribution in [0.15, 0.2) is 83.3 Å². The lowest BCUT2D eigenvalue weighted by Crippen LogP contribution is -2.28. The van der Waals surface area contributed by atoms with E-state index in [1.165, 1.54) is 29.5 Å². The molecule has 0 atom stereocenters. The fraction of sp³-hybridized carbons (Fsp3) is 0.0455. The lowest BCUT2D eigenvalue weighted by molar-refractivity contribution is -0.384. The molecule has 0 bridgehead atoms. The molecular formula is C22H14Br2N4O5S. The summed E-state index contributed by atoms with van der Waals surface area (Å²) in [6.07, 6.45) is 4.45. The fourth-order valence-electron chi connectivity index (χ4n) is 2.98. The zero-order valence-corrected chi connectivity index (χ0v) is 21.1. The Morgan fingerprint density at radius 1 is 1.21 bits per heavy atom. The summed E-state index contributed by atoms with van der Waals surface area (Å²) < 4.78 is 6.59. The molecule has 3 aromatic rings. The summed E-state index contributed by atoms with van der Waals surface area (Å²) in [6.45, 7) is 0.132. The standard InChI is InChI=1S/C22H14Br2N4O5S/c23-15-9-14(20(29)18(24)10-15)11-25-26-22-27(12-17-5-2-6-33-17)21(30)19(34-22)8-13-3-1-4-16(7-13)28(31)32/h1-11,29H,12H2/b19-8-,25-11-,26-22+. The van der Waals surface area contributed by atoms with Crippen molar-refractivity contribution in [1.29, 1.82) is 0 Å². The van der Waals surface area contributed by atoms with Crippen molar-refractivity contribution < 1.29 is 19.2 Å². The summed E-state index contributed by atoms with van der Waals surface area (Å²) in [4.78, 5) is 25.4. The Morgan fingerprint density at radius 2 is 2.03 bits per heavy atom. The van der Waals surface area contributed by atoms with Gasteiger partial charge in [0.05, 0.1) is 33.3 Å². The Labute approximate surface area is 214 Å². The number of furan rings is 1. The van der Waals surface area contributed by atoms with Crippen LogP contribution >= 0.6 is 43.6 Å². The van der Waals surface area contributed by atoms with Crippen molar-refractivity contribution in [1.82, 2.24) is 4.90 Å². The van der Waals surface area contributed by atoms with E-state index >= 15 is 0 Å². The van der Waals surface area contributed by atoms with Gasteiger partial charge in [-0.3, -0.25) is 19.8 Å². The van der Waals surface area contributed by atoms with E-state index in [0.717, 1.165) is 16.2 Å². The number of amides is 1. The molecule has 0 saturated carbocycles. The van der Waals surface area contributed by atoms with E-state index in [2.05, 4.69) is 42.1 Å². The number of aromatic hydroxyl groups is 1. The number of nitro groups is 1. The van der Waals surface area contributed by atoms with E-state index in [0.29, 0.717) is 31.4 Å². The van der Waals surface area contributed by atoms with Crippen LogP contribution in [-0.2, 0) is 11.3 Å². The summed E-state index contributed by atoms with van der Waals surface area (Å²) in [7, 11) is 0. The first-order valence-corrected chi connectivity index (χ1v) is 12.0. The average Bonchev–Trinajstić information content (AvgIpc) is 3.41. The Kier molecular flexibility index (Phi) is 7.29. The normalized spacial score (nSPS) is 16.3. The lowest BCUT2D eigenvalue weighted by Gasteiger charge is -2.12. The molecule has 2 aromatic carbocycles. The van der Waals surface area contributed by atoms with E-state index in [1.807, 2.05) is 0 Å². The number of hydrogen-bond donors (Lipinski definition) is 1. The molecule has 172 valence electrons. The van der Waals surface area contributed by atoms with Gasteiger partial charge in [0, 0.05) is 22.2 Å². The summed E-state index contributed by atoms with van der Waals surface area (Å²) in [5, 5.41) is 29.8. The van der Waals surface area contributed by atoms with E-state index in [9.17, 15) is 20.0 Å². The van der Waals surface area contributed by atoms with E-state index in [1.54, 1.807) is 42.5 Å². The highest BCUT2D eigenvalue weighted by molar-refractivity contribution is 9.11. The third-order valence-electron chi connectivity index (χ3n) is 4.56. The number of carbonyl (C=O) groups is 1. The molecule has 1 aliphatic rings. The third kappa shape index (κ3) is 5.46. The number of rotatable bonds is 6. The molecule has 1 saturated heterocycles. The van der Waals surface area contributed by atoms with Gasteiger partial charge in [-0.25, -0.2) is 0 Å². The maximum absolute atomic E-state index is 13.1. The SMILES string of the molecule is O=C1/C(=C/c2cccc([N+](=O)[O-])c2)S/C(=N/N=C\c2cc(Br)cc(Br)c2O)N1Cc1ccco1. The van der Waals surface area contributed by atoms with Gasteiger partial charge >= 0.3 is 0 Å². The van der Waals surface area contributed by atoms with Crippen molar-refractivity contribution in [2.45, 2.75) is 6.54 Å². The van der Waals surface area contributed by atoms with Crippen LogP contribution in [-0.4, -0.2) is 32.2 Å². The largest absolute Gasteiger partial charge is 0.506 e. The molecule has 2 heterocycles. The minimum Gasteiger partial charge on any atom is -0.506 e. The molecule has 9 nitrogen and oxygen atoms in total. The maximum Gasteiger partial charge on any atom is 0.270 e. The van der Waals surface area contributed by atoms with Crippen LogP contribution in [0.2, 0.25) is 0 Å². The quantitative estimate of drug-likeness (QED) is 0.161. The van der Waals surface area contributed by atoms with Crippen LogP contribution in [0.3, 0.4) is 0 Å². The van der Waals surface area contributed by atoms with Crippen molar-refractivity contribution >= 4 is 72.7 Å². The molecule has 4 rings (SSSR count). The lowest BCUT2D eigenvalue weighted by atomic mass is 10.2. The number of carbonyl (C=O) groups excluding carboxylic acids is 1. The molecule has 0 unspecified atom stereocenters. The number of nitrogens with zero attached hydrogens (tertiary/aromatic N) is 4. The van der Waals surface area contributed by atoms with Gasteiger partial charge in [-0.1, -0.05) is 28.1 Å². The number of phenolic OH excluding ortho intramolecular Hbond substituents is 1. The van der Waals surface area contributed by atoms with Crippen molar-refractivity contribution in [3.63, 3.8) is 0 Å². The highest BCUT2D eigenvalue weighted by atomic mass is 79.9. The molecule has 1 amide bonds. The van der Waals surface area contributed by atoms with Gasteiger partial charge in [-0.05, 0) is 63.6 Å². The first-order valence-electron chi connectivity index (χ1n) is 9.59. The van der Waals surface area contributed by atoms with Crippen molar-refractivity contribution in [3.05, 3.63) is 95.6 Å². The Hall–Kier alpha value is -3.22. The second-order valence-electron chi connectivity index (χ2n) is 6.89. The Bertz CT molecular complexity index is 1360. The van der Waals surface area contributed by atoms with E-state index in [4.69, 9.17) is 4.42 Å². The molecule has 12 heteroatoms. The summed E-state index contributed by atoms with van der Waals surface area (Å²) in [6, 6.07) is 12.8. The zero-order chi connectivity index (χ0) is 24.2. The average molecular weight is 606 g/mol. The third-order valence-corrected chi connectivity index (χ3v) is 6.62. The highest BCUT2D eigenvalue weighted by Gasteiger charge is 2.34. The minimum absolute atomic E-state index is 0.000926. The van der Waals surface area contributed by atoms with E-state index < -0.39 is 4.92 Å². The molecule has 0 aliphatic carbocycles. The first-order chi connectivity index (χ1) is 16.3. The van der Waals surface area contributed by atoms with Crippen molar-refractivity contribution in [3.8, 4) is 5.75 Å². The van der Waals surface area contributed by atoms with Crippen LogP contribution in [0.1, 0.15) is 16.9 Å². The monoisotopic (exact) mass is 604 g/mol. The highest BCUT2D eigenvalue weighted by Crippen LogP contribution is 2.35. The van der Waals surface area contributed by atoms with Gasteiger partial charge in [0.15, 0.2) is 5.17 Å². The number of thioether (sulfide) groups is 1. The number of hydrogen-bond acceptors (Lipinski definition) is 8. The van der Waals surface area contributed by atoms with Crippen molar-refractivity contribution in [2.24, 2.45) is 10.2 Å². The number of benzene rings is 2. The second-order valence-corrected chi connectivity index (χ2v) is 9.67. The molecule has 1 aliphatic heterocycles. The summed E-state index contributed by atoms with van der Waals surface area (Å²) in [5.41, 5.74) is 0.859. The van der Waals surface area contributed by atoms with Crippen LogP contribution in [0.25, 0.3) is 6.08 Å². The number of phenols is 1. The molecule has 34 heavy (non-hydrogen) atoms. The molecule has 1 aromatic heterocycles. The van der Waals surface area contributed by atoms with E-state index in [-0.39, 0.29) is 23.9 Å². The van der Waals surface area contributed by atoms with Crippen LogP contribution in [0.4, 0.5) is 5.69 Å². The molecular weight excluding hydrogens is 592 g/mol. The molecule has 1 N–H and O–H groups in total. The molecule has 0 spiro atoms. The van der Waals surface area contributed by atoms with Gasteiger partial charge < -0.3 is 9.52 Å². The number of nitro benzene ring substituents is 1. The number of non-ortho nitro benzene ring substituents is 1. The topological polar surface area (TPSA) is 122 Å². The predicted molar refractivity (Wildman–Crippen MR) is 136 cm³/mol.